The number of carbonyl (C=O) groups excluding carboxylic acids is 2. The maximum absolute atomic E-state index is 12.3. The number of halogens is 1. The van der Waals surface area contributed by atoms with E-state index >= 15 is 0 Å². The third-order valence-electron chi connectivity index (χ3n) is 3.70. The van der Waals surface area contributed by atoms with Crippen LogP contribution >= 0.6 is 11.6 Å². The van der Waals surface area contributed by atoms with Crippen LogP contribution in [0.15, 0.2) is 30.4 Å². The Labute approximate surface area is 115 Å². The average molecular weight is 278 g/mol. The zero-order chi connectivity index (χ0) is 13.6. The highest BCUT2D eigenvalue weighted by Gasteiger charge is 2.47. The first-order chi connectivity index (χ1) is 9.09. The van der Waals surface area contributed by atoms with Gasteiger partial charge in [-0.2, -0.15) is 0 Å². The van der Waals surface area contributed by atoms with Gasteiger partial charge in [0.1, 0.15) is 5.75 Å². The van der Waals surface area contributed by atoms with E-state index in [1.54, 1.807) is 0 Å². The van der Waals surface area contributed by atoms with Crippen molar-refractivity contribution in [3.8, 4) is 5.75 Å². The van der Waals surface area contributed by atoms with Crippen LogP contribution in [0.1, 0.15) is 12.8 Å². The first-order valence-electron chi connectivity index (χ1n) is 6.11. The number of hydrogen-bond donors (Lipinski definition) is 1. The second-order valence-electron chi connectivity index (χ2n) is 4.80. The van der Waals surface area contributed by atoms with Crippen molar-refractivity contribution >= 4 is 29.1 Å². The molecule has 2 atom stereocenters. The molecule has 0 aromatic heterocycles. The Hall–Kier alpha value is -1.81. The van der Waals surface area contributed by atoms with Crippen molar-refractivity contribution in [2.24, 2.45) is 11.8 Å². The standard InChI is InChI=1S/C14H12ClNO3/c15-11-7-8(5-6-12(11)17)16-13(18)9-3-1-2-4-10(9)14(16)19/h1-2,5-7,9-10,17H,3-4H2. The fourth-order valence-corrected chi connectivity index (χ4v) is 2.86. The first-order valence-corrected chi connectivity index (χ1v) is 6.48. The number of phenolic OH excluding ortho intramolecular Hbond substituents is 1. The summed E-state index contributed by atoms with van der Waals surface area (Å²) in [4.78, 5) is 25.8. The summed E-state index contributed by atoms with van der Waals surface area (Å²) in [5.74, 6) is -0.944. The van der Waals surface area contributed by atoms with E-state index in [9.17, 15) is 14.7 Å². The summed E-state index contributed by atoms with van der Waals surface area (Å²) in [6.07, 6.45) is 5.11. The Kier molecular flexibility index (Phi) is 2.82. The molecular formula is C14H12ClNO3. The minimum Gasteiger partial charge on any atom is -0.506 e. The molecule has 3 rings (SSSR count). The van der Waals surface area contributed by atoms with Crippen LogP contribution in [0, 0.1) is 11.8 Å². The number of rotatable bonds is 1. The lowest BCUT2D eigenvalue weighted by molar-refractivity contribution is -0.122. The second-order valence-corrected chi connectivity index (χ2v) is 5.21. The number of amides is 2. The summed E-state index contributed by atoms with van der Waals surface area (Å²) in [6, 6.07) is 4.36. The molecule has 0 radical (unpaired) electrons. The molecule has 1 saturated heterocycles. The van der Waals surface area contributed by atoms with Gasteiger partial charge >= 0.3 is 0 Å². The third kappa shape index (κ3) is 1.83. The molecule has 1 aromatic carbocycles. The van der Waals surface area contributed by atoms with Crippen molar-refractivity contribution in [3.05, 3.63) is 35.4 Å². The molecule has 5 heteroatoms. The van der Waals surface area contributed by atoms with Crippen LogP contribution in [-0.4, -0.2) is 16.9 Å². The Balaban J connectivity index is 1.99. The van der Waals surface area contributed by atoms with E-state index in [1.165, 1.54) is 23.1 Å². The highest BCUT2D eigenvalue weighted by atomic mass is 35.5. The topological polar surface area (TPSA) is 57.6 Å². The molecule has 0 saturated carbocycles. The zero-order valence-corrected chi connectivity index (χ0v) is 10.8. The lowest BCUT2D eigenvalue weighted by Crippen LogP contribution is -2.30. The molecule has 1 aromatic rings. The summed E-state index contributed by atoms with van der Waals surface area (Å²) >= 11 is 5.83. The van der Waals surface area contributed by atoms with Gasteiger partial charge in [-0.1, -0.05) is 23.8 Å². The molecular weight excluding hydrogens is 266 g/mol. The van der Waals surface area contributed by atoms with Gasteiger partial charge in [-0.05, 0) is 31.0 Å². The molecule has 1 fully saturated rings. The molecule has 2 unspecified atom stereocenters. The lowest BCUT2D eigenvalue weighted by atomic mass is 9.85. The molecule has 4 nitrogen and oxygen atoms in total. The number of allylic oxidation sites excluding steroid dienone is 2. The third-order valence-corrected chi connectivity index (χ3v) is 4.00. The fourth-order valence-electron chi connectivity index (χ4n) is 2.69. The van der Waals surface area contributed by atoms with Crippen LogP contribution in [-0.2, 0) is 9.59 Å². The number of imide groups is 1. The van der Waals surface area contributed by atoms with E-state index in [0.717, 1.165) is 0 Å². The van der Waals surface area contributed by atoms with Crippen molar-refractivity contribution < 1.29 is 14.7 Å². The highest BCUT2D eigenvalue weighted by molar-refractivity contribution is 6.32. The molecule has 1 aliphatic carbocycles. The zero-order valence-electron chi connectivity index (χ0n) is 10.0. The number of fused-ring (bicyclic) bond motifs is 1. The Morgan fingerprint density at radius 3 is 2.21 bits per heavy atom. The van der Waals surface area contributed by atoms with Crippen LogP contribution in [0.25, 0.3) is 0 Å². The SMILES string of the molecule is O=C1C2CC=CCC2C(=O)N1c1ccc(O)c(Cl)c1. The molecule has 98 valence electrons. The normalized spacial score (nSPS) is 25.8. The Bertz CT molecular complexity index is 570. The number of phenols is 1. The van der Waals surface area contributed by atoms with Gasteiger partial charge in [-0.15, -0.1) is 0 Å². The molecule has 0 spiro atoms. The van der Waals surface area contributed by atoms with Crippen LogP contribution in [0.4, 0.5) is 5.69 Å². The molecule has 1 N–H and O–H groups in total. The van der Waals surface area contributed by atoms with Gasteiger partial charge in [0.15, 0.2) is 0 Å². The molecule has 1 heterocycles. The van der Waals surface area contributed by atoms with Crippen molar-refractivity contribution in [3.63, 3.8) is 0 Å². The Morgan fingerprint density at radius 2 is 1.68 bits per heavy atom. The number of aromatic hydroxyl groups is 1. The minimum atomic E-state index is -0.259. The smallest absolute Gasteiger partial charge is 0.238 e. The van der Waals surface area contributed by atoms with Crippen LogP contribution < -0.4 is 4.90 Å². The van der Waals surface area contributed by atoms with Gasteiger partial charge in [0, 0.05) is 0 Å². The first kappa shape index (κ1) is 12.2. The van der Waals surface area contributed by atoms with Crippen LogP contribution in [0.5, 0.6) is 5.75 Å². The van der Waals surface area contributed by atoms with E-state index in [1.807, 2.05) is 12.2 Å². The van der Waals surface area contributed by atoms with E-state index in [0.29, 0.717) is 18.5 Å². The molecule has 0 bridgehead atoms. The summed E-state index contributed by atoms with van der Waals surface area (Å²) in [7, 11) is 0. The van der Waals surface area contributed by atoms with Gasteiger partial charge in [-0.3, -0.25) is 9.59 Å². The lowest BCUT2D eigenvalue weighted by Gasteiger charge is -2.15. The minimum absolute atomic E-state index is 0.0661. The molecule has 1 aliphatic heterocycles. The quantitative estimate of drug-likeness (QED) is 0.634. The van der Waals surface area contributed by atoms with E-state index in [-0.39, 0.29) is 34.4 Å². The van der Waals surface area contributed by atoms with E-state index in [2.05, 4.69) is 0 Å². The van der Waals surface area contributed by atoms with Crippen molar-refractivity contribution in [2.75, 3.05) is 4.90 Å². The summed E-state index contributed by atoms with van der Waals surface area (Å²) in [5.41, 5.74) is 0.423. The number of carbonyl (C=O) groups is 2. The van der Waals surface area contributed by atoms with Gasteiger partial charge in [0.25, 0.3) is 0 Å². The predicted molar refractivity (Wildman–Crippen MR) is 71.0 cm³/mol. The van der Waals surface area contributed by atoms with Crippen molar-refractivity contribution in [2.45, 2.75) is 12.8 Å². The van der Waals surface area contributed by atoms with Crippen molar-refractivity contribution in [1.29, 1.82) is 0 Å². The fraction of sp³-hybridized carbons (Fsp3) is 0.286. The summed E-state index contributed by atoms with van der Waals surface area (Å²) in [5, 5.41) is 9.52. The highest BCUT2D eigenvalue weighted by Crippen LogP contribution is 2.39. The average Bonchev–Trinajstić information content (AvgIpc) is 2.66. The Morgan fingerprint density at radius 1 is 1.11 bits per heavy atom. The molecule has 19 heavy (non-hydrogen) atoms. The number of anilines is 1. The van der Waals surface area contributed by atoms with Gasteiger partial charge in [0.2, 0.25) is 11.8 Å². The van der Waals surface area contributed by atoms with Gasteiger partial charge in [-0.25, -0.2) is 4.90 Å². The molecule has 2 amide bonds. The van der Waals surface area contributed by atoms with Crippen LogP contribution in [0.3, 0.4) is 0 Å². The summed E-state index contributed by atoms with van der Waals surface area (Å²) in [6.45, 7) is 0. The number of nitrogens with zero attached hydrogens (tertiary/aromatic N) is 1. The monoisotopic (exact) mass is 277 g/mol. The van der Waals surface area contributed by atoms with Gasteiger partial charge < -0.3 is 5.11 Å². The maximum Gasteiger partial charge on any atom is 0.238 e. The summed E-state index contributed by atoms with van der Waals surface area (Å²) < 4.78 is 0. The van der Waals surface area contributed by atoms with E-state index in [4.69, 9.17) is 11.6 Å². The van der Waals surface area contributed by atoms with E-state index < -0.39 is 0 Å². The number of hydrogen-bond acceptors (Lipinski definition) is 3. The van der Waals surface area contributed by atoms with Crippen LogP contribution in [0.2, 0.25) is 5.02 Å². The largest absolute Gasteiger partial charge is 0.506 e. The van der Waals surface area contributed by atoms with Gasteiger partial charge in [0.05, 0.1) is 22.5 Å². The number of benzene rings is 1. The maximum atomic E-state index is 12.3. The predicted octanol–water partition coefficient (Wildman–Crippen LogP) is 2.50. The second kappa shape index (κ2) is 4.38. The molecule has 2 aliphatic rings. The van der Waals surface area contributed by atoms with Crippen molar-refractivity contribution in [1.82, 2.24) is 0 Å².